The summed E-state index contributed by atoms with van der Waals surface area (Å²) in [5, 5.41) is 0. The van der Waals surface area contributed by atoms with Gasteiger partial charge in [0.25, 0.3) is 5.91 Å². The number of hydrogen-bond acceptors (Lipinski definition) is 7. The number of halogens is 1. The van der Waals surface area contributed by atoms with Crippen molar-refractivity contribution >= 4 is 11.9 Å². The number of carbonyl (C=O) groups is 1. The highest BCUT2D eigenvalue weighted by atomic mass is 19.1. The Morgan fingerprint density at radius 2 is 1.94 bits per heavy atom. The van der Waals surface area contributed by atoms with Gasteiger partial charge in [0.05, 0.1) is 7.11 Å². The van der Waals surface area contributed by atoms with Gasteiger partial charge in [-0.2, -0.15) is 0 Å². The van der Waals surface area contributed by atoms with Gasteiger partial charge in [0.2, 0.25) is 0 Å². The Morgan fingerprint density at radius 3 is 2.62 bits per heavy atom. The normalized spacial score (nSPS) is 23.5. The number of aliphatic imine (C=N–C) groups is 1. The number of carbonyl (C=O) groups excluding carboxylic acids is 1. The van der Waals surface area contributed by atoms with Crippen LogP contribution in [0.5, 0.6) is 11.5 Å². The summed E-state index contributed by atoms with van der Waals surface area (Å²) in [7, 11) is 3.08. The predicted octanol–water partition coefficient (Wildman–Crippen LogP) is 3.06. The molecule has 0 aliphatic carbocycles. The average Bonchev–Trinajstić information content (AvgIpc) is 3.02. The van der Waals surface area contributed by atoms with Crippen LogP contribution in [0, 0.1) is 5.82 Å². The van der Waals surface area contributed by atoms with E-state index in [1.165, 1.54) is 24.1 Å². The molecule has 1 aromatic heterocycles. The predicted molar refractivity (Wildman–Crippen MR) is 124 cm³/mol. The Kier molecular flexibility index (Phi) is 5.00. The second kappa shape index (κ2) is 7.79. The molecule has 1 amide bonds. The molecule has 174 valence electrons. The van der Waals surface area contributed by atoms with Crippen LogP contribution >= 0.6 is 0 Å². The van der Waals surface area contributed by atoms with Crippen molar-refractivity contribution < 1.29 is 18.7 Å². The molecule has 0 bridgehead atoms. The Labute approximate surface area is 196 Å². The SMILES string of the molecule is COc1cc(F)cc(-c2ccc3c(c2)C2(C[C@@](C)(Cc4ncccn4)O3)N=C(N)N(C)C2=O)c1. The molecule has 34 heavy (non-hydrogen) atoms. The van der Waals surface area contributed by atoms with E-state index in [0.29, 0.717) is 40.4 Å². The Morgan fingerprint density at radius 1 is 1.18 bits per heavy atom. The van der Waals surface area contributed by atoms with Crippen molar-refractivity contribution in [2.45, 2.75) is 30.9 Å². The number of amides is 1. The molecular formula is C25H24FN5O3. The number of aromatic nitrogens is 2. The van der Waals surface area contributed by atoms with Crippen molar-refractivity contribution in [3.8, 4) is 22.6 Å². The molecule has 2 N–H and O–H groups in total. The number of fused-ring (bicyclic) bond motifs is 2. The van der Waals surface area contributed by atoms with Crippen molar-refractivity contribution in [2.75, 3.05) is 14.2 Å². The molecule has 0 saturated carbocycles. The fourth-order valence-electron chi connectivity index (χ4n) is 4.75. The number of hydrogen-bond donors (Lipinski definition) is 1. The molecule has 3 aromatic rings. The third kappa shape index (κ3) is 3.53. The lowest BCUT2D eigenvalue weighted by atomic mass is 9.75. The molecule has 1 spiro atoms. The maximum absolute atomic E-state index is 14.2. The molecule has 0 radical (unpaired) electrons. The molecule has 9 heteroatoms. The highest BCUT2D eigenvalue weighted by Crippen LogP contribution is 2.50. The summed E-state index contributed by atoms with van der Waals surface area (Å²) >= 11 is 0. The number of methoxy groups -OCH3 is 1. The number of likely N-dealkylation sites (N-methyl/N-ethyl adjacent to an activating group) is 1. The maximum Gasteiger partial charge on any atom is 0.261 e. The lowest BCUT2D eigenvalue weighted by Crippen LogP contribution is -2.51. The standard InChI is InChI=1S/C25H24FN5O3/c1-24(13-21-28-7-4-8-29-21)14-25(22(32)31(2)23(27)30-25)19-11-15(5-6-20(19)34-24)16-9-17(26)12-18(10-16)33-3/h4-12H,13-14H2,1-3H3,(H2,27,30)/t24-,25?/m1/s1. The van der Waals surface area contributed by atoms with Gasteiger partial charge < -0.3 is 15.2 Å². The molecule has 8 nitrogen and oxygen atoms in total. The summed E-state index contributed by atoms with van der Waals surface area (Å²) in [5.74, 6) is 0.970. The molecule has 2 aliphatic heterocycles. The van der Waals surface area contributed by atoms with E-state index in [2.05, 4.69) is 15.0 Å². The van der Waals surface area contributed by atoms with Crippen LogP contribution in [0.4, 0.5) is 4.39 Å². The minimum absolute atomic E-state index is 0.133. The molecule has 2 atom stereocenters. The fraction of sp³-hybridized carbons (Fsp3) is 0.280. The van der Waals surface area contributed by atoms with Gasteiger partial charge in [-0.3, -0.25) is 9.69 Å². The zero-order valence-corrected chi connectivity index (χ0v) is 19.1. The maximum atomic E-state index is 14.2. The number of benzene rings is 2. The quantitative estimate of drug-likeness (QED) is 0.641. The summed E-state index contributed by atoms with van der Waals surface area (Å²) in [6.45, 7) is 1.91. The second-order valence-electron chi connectivity index (χ2n) is 8.86. The van der Waals surface area contributed by atoms with Gasteiger partial charge in [-0.15, -0.1) is 0 Å². The van der Waals surface area contributed by atoms with Crippen molar-refractivity contribution in [2.24, 2.45) is 10.7 Å². The van der Waals surface area contributed by atoms with Gasteiger partial charge in [0.1, 0.15) is 28.7 Å². The van der Waals surface area contributed by atoms with E-state index in [0.717, 1.165) is 0 Å². The number of nitrogens with two attached hydrogens (primary N) is 1. The van der Waals surface area contributed by atoms with Crippen molar-refractivity contribution in [1.29, 1.82) is 0 Å². The first-order chi connectivity index (χ1) is 16.2. The van der Waals surface area contributed by atoms with E-state index in [4.69, 9.17) is 15.2 Å². The lowest BCUT2D eigenvalue weighted by Gasteiger charge is -2.43. The van der Waals surface area contributed by atoms with Gasteiger partial charge in [0.15, 0.2) is 11.5 Å². The highest BCUT2D eigenvalue weighted by molar-refractivity contribution is 6.07. The van der Waals surface area contributed by atoms with Crippen LogP contribution in [0.2, 0.25) is 0 Å². The van der Waals surface area contributed by atoms with Gasteiger partial charge in [-0.05, 0) is 48.4 Å². The first kappa shape index (κ1) is 21.8. The van der Waals surface area contributed by atoms with Crippen molar-refractivity contribution in [1.82, 2.24) is 14.9 Å². The van der Waals surface area contributed by atoms with E-state index >= 15 is 0 Å². The van der Waals surface area contributed by atoms with Crippen LogP contribution in [-0.4, -0.2) is 46.5 Å². The topological polar surface area (TPSA) is 103 Å². The van der Waals surface area contributed by atoms with Crippen LogP contribution in [0.25, 0.3) is 11.1 Å². The summed E-state index contributed by atoms with van der Waals surface area (Å²) in [6.07, 6.45) is 3.96. The Balaban J connectivity index is 1.65. The van der Waals surface area contributed by atoms with Gasteiger partial charge in [-0.25, -0.2) is 19.4 Å². The van der Waals surface area contributed by atoms with E-state index in [9.17, 15) is 9.18 Å². The molecule has 5 rings (SSSR count). The minimum atomic E-state index is -1.27. The third-order valence-corrected chi connectivity index (χ3v) is 6.31. The third-order valence-electron chi connectivity index (χ3n) is 6.31. The molecule has 3 heterocycles. The average molecular weight is 461 g/mol. The summed E-state index contributed by atoms with van der Waals surface area (Å²) < 4.78 is 25.8. The number of ether oxygens (including phenoxy) is 2. The number of rotatable bonds is 4. The highest BCUT2D eigenvalue weighted by Gasteiger charge is 2.57. The van der Waals surface area contributed by atoms with Crippen LogP contribution in [-0.2, 0) is 16.8 Å². The summed E-state index contributed by atoms with van der Waals surface area (Å²) in [5.41, 5.74) is 5.90. The van der Waals surface area contributed by atoms with Gasteiger partial charge in [0, 0.05) is 43.9 Å². The molecule has 1 unspecified atom stereocenters. The van der Waals surface area contributed by atoms with Crippen molar-refractivity contribution in [3.05, 3.63) is 72.1 Å². The Bertz CT molecular complexity index is 1320. The molecule has 0 fully saturated rings. The first-order valence-electron chi connectivity index (χ1n) is 10.8. The molecule has 2 aliphatic rings. The van der Waals surface area contributed by atoms with Gasteiger partial charge >= 0.3 is 0 Å². The van der Waals surface area contributed by atoms with E-state index < -0.39 is 17.0 Å². The van der Waals surface area contributed by atoms with Crippen LogP contribution in [0.15, 0.2) is 59.9 Å². The lowest BCUT2D eigenvalue weighted by molar-refractivity contribution is -0.134. The van der Waals surface area contributed by atoms with Crippen LogP contribution in [0.3, 0.4) is 0 Å². The minimum Gasteiger partial charge on any atom is -0.497 e. The molecular weight excluding hydrogens is 437 g/mol. The first-order valence-corrected chi connectivity index (χ1v) is 10.8. The summed E-state index contributed by atoms with van der Waals surface area (Å²) in [6, 6.07) is 11.6. The second-order valence-corrected chi connectivity index (χ2v) is 8.86. The monoisotopic (exact) mass is 461 g/mol. The number of nitrogens with zero attached hydrogens (tertiary/aromatic N) is 4. The van der Waals surface area contributed by atoms with Gasteiger partial charge in [-0.1, -0.05) is 6.07 Å². The van der Waals surface area contributed by atoms with Crippen LogP contribution in [0.1, 0.15) is 24.7 Å². The fourth-order valence-corrected chi connectivity index (χ4v) is 4.75. The van der Waals surface area contributed by atoms with E-state index in [1.54, 1.807) is 37.6 Å². The Hall–Kier alpha value is -4.01. The zero-order valence-electron chi connectivity index (χ0n) is 19.1. The summed E-state index contributed by atoms with van der Waals surface area (Å²) in [4.78, 5) is 28.2. The van der Waals surface area contributed by atoms with Crippen molar-refractivity contribution in [3.63, 3.8) is 0 Å². The molecule has 0 saturated heterocycles. The number of guanidine groups is 1. The van der Waals surface area contributed by atoms with E-state index in [1.807, 2.05) is 19.1 Å². The van der Waals surface area contributed by atoms with Crippen LogP contribution < -0.4 is 15.2 Å². The largest absolute Gasteiger partial charge is 0.497 e. The van der Waals surface area contributed by atoms with E-state index in [-0.39, 0.29) is 18.3 Å². The zero-order chi connectivity index (χ0) is 24.1. The molecule has 2 aromatic carbocycles. The smallest absolute Gasteiger partial charge is 0.261 e.